The van der Waals surface area contributed by atoms with Crippen LogP contribution < -0.4 is 5.32 Å². The van der Waals surface area contributed by atoms with Crippen LogP contribution in [0.25, 0.3) is 0 Å². The molecule has 0 bridgehead atoms. The average Bonchev–Trinajstić information content (AvgIpc) is 2.94. The number of hydrogen-bond acceptors (Lipinski definition) is 3. The standard InChI is InChI=1S/C18H25N3O2/c1-13(2)17-12-16(20-21(17)3)18(23)19-15(10-7-11-22)14-8-5-4-6-9-14/h4-6,8-9,12-13,15,22H,7,10-11H2,1-3H3,(H,19,23). The third-order valence-electron chi connectivity index (χ3n) is 3.90. The summed E-state index contributed by atoms with van der Waals surface area (Å²) in [5.41, 5.74) is 2.50. The molecule has 124 valence electrons. The van der Waals surface area contributed by atoms with Crippen LogP contribution in [0.5, 0.6) is 0 Å². The third kappa shape index (κ3) is 4.42. The molecule has 2 aromatic rings. The molecule has 0 fully saturated rings. The van der Waals surface area contributed by atoms with E-state index in [-0.39, 0.29) is 18.6 Å². The van der Waals surface area contributed by atoms with Crippen LogP contribution in [0.2, 0.25) is 0 Å². The highest BCUT2D eigenvalue weighted by Gasteiger charge is 2.19. The molecular formula is C18H25N3O2. The van der Waals surface area contributed by atoms with E-state index in [9.17, 15) is 4.79 Å². The molecule has 1 aromatic carbocycles. The summed E-state index contributed by atoms with van der Waals surface area (Å²) in [7, 11) is 1.85. The van der Waals surface area contributed by atoms with E-state index in [1.54, 1.807) is 4.68 Å². The van der Waals surface area contributed by atoms with Gasteiger partial charge in [-0.15, -0.1) is 0 Å². The van der Waals surface area contributed by atoms with Gasteiger partial charge in [0.2, 0.25) is 0 Å². The maximum Gasteiger partial charge on any atom is 0.272 e. The van der Waals surface area contributed by atoms with E-state index in [1.807, 2.05) is 43.4 Å². The van der Waals surface area contributed by atoms with Gasteiger partial charge in [-0.3, -0.25) is 9.48 Å². The Kier molecular flexibility index (Phi) is 5.93. The predicted molar refractivity (Wildman–Crippen MR) is 90.3 cm³/mol. The number of rotatable bonds is 7. The molecule has 1 heterocycles. The normalized spacial score (nSPS) is 12.4. The van der Waals surface area contributed by atoms with Crippen molar-refractivity contribution in [3.05, 3.63) is 53.3 Å². The molecule has 0 spiro atoms. The number of nitrogens with zero attached hydrogens (tertiary/aromatic N) is 2. The van der Waals surface area contributed by atoms with Gasteiger partial charge in [0.15, 0.2) is 0 Å². The summed E-state index contributed by atoms with van der Waals surface area (Å²) in [6, 6.07) is 11.5. The van der Waals surface area contributed by atoms with Gasteiger partial charge in [0, 0.05) is 19.3 Å². The summed E-state index contributed by atoms with van der Waals surface area (Å²) in [4.78, 5) is 12.5. The van der Waals surface area contributed by atoms with Gasteiger partial charge in [0.25, 0.3) is 5.91 Å². The number of carbonyl (C=O) groups excluding carboxylic acids is 1. The Bertz CT molecular complexity index is 635. The SMILES string of the molecule is CC(C)c1cc(C(=O)NC(CCCO)c2ccccc2)nn1C. The van der Waals surface area contributed by atoms with Crippen LogP contribution in [-0.2, 0) is 7.05 Å². The lowest BCUT2D eigenvalue weighted by molar-refractivity contribution is 0.0926. The van der Waals surface area contributed by atoms with E-state index in [0.29, 0.717) is 24.5 Å². The number of aliphatic hydroxyl groups excluding tert-OH is 1. The molecule has 0 aliphatic heterocycles. The molecule has 2 rings (SSSR count). The van der Waals surface area contributed by atoms with Gasteiger partial charge in [-0.25, -0.2) is 0 Å². The number of carbonyl (C=O) groups is 1. The molecule has 0 saturated heterocycles. The van der Waals surface area contributed by atoms with Crippen molar-refractivity contribution in [3.63, 3.8) is 0 Å². The van der Waals surface area contributed by atoms with Crippen LogP contribution >= 0.6 is 0 Å². The molecule has 5 heteroatoms. The Labute approximate surface area is 137 Å². The Hall–Kier alpha value is -2.14. The van der Waals surface area contributed by atoms with Gasteiger partial charge in [-0.05, 0) is 30.4 Å². The molecule has 0 radical (unpaired) electrons. The topological polar surface area (TPSA) is 67.2 Å². The Morgan fingerprint density at radius 1 is 1.30 bits per heavy atom. The molecule has 1 amide bonds. The fourth-order valence-corrected chi connectivity index (χ4v) is 2.67. The highest BCUT2D eigenvalue weighted by atomic mass is 16.3. The fourth-order valence-electron chi connectivity index (χ4n) is 2.67. The van der Waals surface area contributed by atoms with Gasteiger partial charge < -0.3 is 10.4 Å². The lowest BCUT2D eigenvalue weighted by Gasteiger charge is -2.18. The molecule has 23 heavy (non-hydrogen) atoms. The van der Waals surface area contributed by atoms with Crippen LogP contribution in [0.15, 0.2) is 36.4 Å². The monoisotopic (exact) mass is 315 g/mol. The molecule has 1 aromatic heterocycles. The van der Waals surface area contributed by atoms with Crippen molar-refractivity contribution < 1.29 is 9.90 Å². The summed E-state index contributed by atoms with van der Waals surface area (Å²) < 4.78 is 1.75. The first-order chi connectivity index (χ1) is 11.0. The van der Waals surface area contributed by atoms with Crippen molar-refractivity contribution in [2.45, 2.75) is 38.6 Å². The largest absolute Gasteiger partial charge is 0.396 e. The molecule has 0 aliphatic rings. The van der Waals surface area contributed by atoms with Crippen molar-refractivity contribution in [2.24, 2.45) is 7.05 Å². The van der Waals surface area contributed by atoms with Crippen molar-refractivity contribution in [1.82, 2.24) is 15.1 Å². The Balaban J connectivity index is 2.15. The van der Waals surface area contributed by atoms with Crippen molar-refractivity contribution in [3.8, 4) is 0 Å². The summed E-state index contributed by atoms with van der Waals surface area (Å²) in [5.74, 6) is 0.132. The minimum atomic E-state index is -0.181. The maximum atomic E-state index is 12.5. The molecular weight excluding hydrogens is 290 g/mol. The zero-order valence-electron chi connectivity index (χ0n) is 14.0. The summed E-state index contributed by atoms with van der Waals surface area (Å²) in [6.45, 7) is 4.26. The van der Waals surface area contributed by atoms with E-state index >= 15 is 0 Å². The number of aromatic nitrogens is 2. The van der Waals surface area contributed by atoms with Crippen LogP contribution in [0.3, 0.4) is 0 Å². The Morgan fingerprint density at radius 3 is 2.57 bits per heavy atom. The first-order valence-corrected chi connectivity index (χ1v) is 8.03. The van der Waals surface area contributed by atoms with Crippen LogP contribution in [-0.4, -0.2) is 27.4 Å². The molecule has 0 aliphatic carbocycles. The van der Waals surface area contributed by atoms with Crippen molar-refractivity contribution >= 4 is 5.91 Å². The average molecular weight is 315 g/mol. The van der Waals surface area contributed by atoms with Crippen molar-refractivity contribution in [1.29, 1.82) is 0 Å². The first kappa shape index (κ1) is 17.2. The highest BCUT2D eigenvalue weighted by Crippen LogP contribution is 2.20. The first-order valence-electron chi connectivity index (χ1n) is 8.03. The van der Waals surface area contributed by atoms with Gasteiger partial charge in [-0.1, -0.05) is 44.2 Å². The Morgan fingerprint density at radius 2 is 2.00 bits per heavy atom. The quantitative estimate of drug-likeness (QED) is 0.825. The van der Waals surface area contributed by atoms with Crippen molar-refractivity contribution in [2.75, 3.05) is 6.61 Å². The van der Waals surface area contributed by atoms with Crippen LogP contribution in [0.1, 0.15) is 60.4 Å². The van der Waals surface area contributed by atoms with E-state index in [2.05, 4.69) is 24.3 Å². The van der Waals surface area contributed by atoms with E-state index in [1.165, 1.54) is 0 Å². The molecule has 1 atom stereocenters. The van der Waals surface area contributed by atoms with Crippen LogP contribution in [0.4, 0.5) is 0 Å². The second-order valence-corrected chi connectivity index (χ2v) is 6.04. The molecule has 5 nitrogen and oxygen atoms in total. The fraction of sp³-hybridized carbons (Fsp3) is 0.444. The predicted octanol–water partition coefficient (Wildman–Crippen LogP) is 2.79. The number of aryl methyl sites for hydroxylation is 1. The minimum Gasteiger partial charge on any atom is -0.396 e. The summed E-state index contributed by atoms with van der Waals surface area (Å²) >= 11 is 0. The second kappa shape index (κ2) is 7.92. The number of benzene rings is 1. The number of nitrogens with one attached hydrogen (secondary N) is 1. The lowest BCUT2D eigenvalue weighted by atomic mass is 10.0. The zero-order chi connectivity index (χ0) is 16.8. The second-order valence-electron chi connectivity index (χ2n) is 6.04. The number of amides is 1. The lowest BCUT2D eigenvalue weighted by Crippen LogP contribution is -2.29. The molecule has 1 unspecified atom stereocenters. The van der Waals surface area contributed by atoms with Gasteiger partial charge in [0.1, 0.15) is 5.69 Å². The maximum absolute atomic E-state index is 12.5. The summed E-state index contributed by atoms with van der Waals surface area (Å²) in [5, 5.41) is 16.4. The van der Waals surface area contributed by atoms with Gasteiger partial charge >= 0.3 is 0 Å². The summed E-state index contributed by atoms with van der Waals surface area (Å²) in [6.07, 6.45) is 1.33. The smallest absolute Gasteiger partial charge is 0.272 e. The number of hydrogen-bond donors (Lipinski definition) is 2. The molecule has 0 saturated carbocycles. The van der Waals surface area contributed by atoms with E-state index in [4.69, 9.17) is 5.11 Å². The third-order valence-corrected chi connectivity index (χ3v) is 3.90. The van der Waals surface area contributed by atoms with Gasteiger partial charge in [0.05, 0.1) is 6.04 Å². The van der Waals surface area contributed by atoms with Gasteiger partial charge in [-0.2, -0.15) is 5.10 Å². The van der Waals surface area contributed by atoms with E-state index < -0.39 is 0 Å². The zero-order valence-corrected chi connectivity index (χ0v) is 14.0. The van der Waals surface area contributed by atoms with Crippen LogP contribution in [0, 0.1) is 0 Å². The van der Waals surface area contributed by atoms with E-state index in [0.717, 1.165) is 11.3 Å². The minimum absolute atomic E-state index is 0.111. The highest BCUT2D eigenvalue weighted by molar-refractivity contribution is 5.92. The number of aliphatic hydroxyl groups is 1. The molecule has 2 N–H and O–H groups in total.